The second-order valence-electron chi connectivity index (χ2n) is 7.56. The number of hydrogen-bond donors (Lipinski definition) is 1. The summed E-state index contributed by atoms with van der Waals surface area (Å²) in [6.45, 7) is 3.22. The predicted octanol–water partition coefficient (Wildman–Crippen LogP) is 3.55. The molecule has 2 aromatic heterocycles. The van der Waals surface area contributed by atoms with Crippen LogP contribution in [0.4, 0.5) is 5.82 Å². The number of ether oxygens (including phenoxy) is 1. The molecule has 1 fully saturated rings. The molecule has 2 aromatic carbocycles. The standard InChI is InChI=1S/C24H22N4O3/c29-24(30)13-17-1-5-20(6-2-17)28-16-26-21-14-18(3-7-22(21)28)19-4-8-23(25-15-19)27-9-11-31-12-10-27/h1-8,14-16H,9-13H2,(H,29,30). The van der Waals surface area contributed by atoms with E-state index in [1.165, 1.54) is 0 Å². The number of morpholine rings is 1. The summed E-state index contributed by atoms with van der Waals surface area (Å²) in [5, 5.41) is 8.94. The van der Waals surface area contributed by atoms with Crippen molar-refractivity contribution in [3.8, 4) is 16.8 Å². The van der Waals surface area contributed by atoms with Crippen LogP contribution in [0.5, 0.6) is 0 Å². The number of benzene rings is 2. The number of nitrogens with zero attached hydrogens (tertiary/aromatic N) is 4. The van der Waals surface area contributed by atoms with E-state index in [1.54, 1.807) is 6.33 Å². The first-order valence-electron chi connectivity index (χ1n) is 10.2. The number of pyridine rings is 1. The third kappa shape index (κ3) is 4.00. The van der Waals surface area contributed by atoms with Crippen LogP contribution in [0.1, 0.15) is 5.56 Å². The largest absolute Gasteiger partial charge is 0.481 e. The molecule has 5 rings (SSSR count). The summed E-state index contributed by atoms with van der Waals surface area (Å²) in [6, 6.07) is 17.9. The minimum absolute atomic E-state index is 0.0205. The first-order valence-corrected chi connectivity index (χ1v) is 10.2. The molecule has 31 heavy (non-hydrogen) atoms. The van der Waals surface area contributed by atoms with Crippen LogP contribution >= 0.6 is 0 Å². The molecule has 0 unspecified atom stereocenters. The molecule has 156 valence electrons. The summed E-state index contributed by atoms with van der Waals surface area (Å²) in [5.74, 6) is 0.143. The molecule has 1 saturated heterocycles. The number of aliphatic carboxylic acids is 1. The van der Waals surface area contributed by atoms with Gasteiger partial charge in [0.1, 0.15) is 12.1 Å². The lowest BCUT2D eigenvalue weighted by molar-refractivity contribution is -0.136. The van der Waals surface area contributed by atoms with Crippen LogP contribution in [-0.4, -0.2) is 51.9 Å². The minimum atomic E-state index is -0.833. The fourth-order valence-electron chi connectivity index (χ4n) is 3.88. The van der Waals surface area contributed by atoms with Crippen LogP contribution in [0.25, 0.3) is 27.8 Å². The highest BCUT2D eigenvalue weighted by Crippen LogP contribution is 2.26. The number of fused-ring (bicyclic) bond motifs is 1. The van der Waals surface area contributed by atoms with Gasteiger partial charge in [0, 0.05) is 30.5 Å². The summed E-state index contributed by atoms with van der Waals surface area (Å²) in [5.41, 5.74) is 5.72. The fraction of sp³-hybridized carbons (Fsp3) is 0.208. The van der Waals surface area contributed by atoms with Gasteiger partial charge in [0.2, 0.25) is 0 Å². The van der Waals surface area contributed by atoms with Crippen molar-refractivity contribution in [1.82, 2.24) is 14.5 Å². The van der Waals surface area contributed by atoms with Crippen LogP contribution in [0, 0.1) is 0 Å². The van der Waals surface area contributed by atoms with E-state index in [4.69, 9.17) is 9.84 Å². The number of rotatable bonds is 5. The van der Waals surface area contributed by atoms with Gasteiger partial charge in [-0.25, -0.2) is 9.97 Å². The van der Waals surface area contributed by atoms with Crippen LogP contribution in [0.2, 0.25) is 0 Å². The molecular formula is C24H22N4O3. The maximum atomic E-state index is 10.9. The Kier molecular flexibility index (Phi) is 5.09. The van der Waals surface area contributed by atoms with Gasteiger partial charge in [0.05, 0.1) is 30.7 Å². The molecule has 0 aliphatic carbocycles. The Morgan fingerprint density at radius 3 is 2.45 bits per heavy atom. The molecule has 4 aromatic rings. The maximum Gasteiger partial charge on any atom is 0.307 e. The lowest BCUT2D eigenvalue weighted by atomic mass is 10.1. The van der Waals surface area contributed by atoms with Gasteiger partial charge in [-0.15, -0.1) is 0 Å². The fourth-order valence-corrected chi connectivity index (χ4v) is 3.88. The summed E-state index contributed by atoms with van der Waals surface area (Å²) in [7, 11) is 0. The van der Waals surface area contributed by atoms with Crippen molar-refractivity contribution in [3.05, 3.63) is 72.7 Å². The van der Waals surface area contributed by atoms with Crippen LogP contribution in [0.15, 0.2) is 67.1 Å². The Bertz CT molecular complexity index is 1210. The van der Waals surface area contributed by atoms with E-state index < -0.39 is 5.97 Å². The third-order valence-electron chi connectivity index (χ3n) is 5.53. The number of carboxylic acid groups (broad SMARTS) is 1. The van der Waals surface area contributed by atoms with Gasteiger partial charge in [0.15, 0.2) is 0 Å². The van der Waals surface area contributed by atoms with Crippen molar-refractivity contribution in [2.75, 3.05) is 31.2 Å². The number of imidazole rings is 1. The van der Waals surface area contributed by atoms with Crippen molar-refractivity contribution < 1.29 is 14.6 Å². The number of carbonyl (C=O) groups is 1. The Morgan fingerprint density at radius 2 is 1.74 bits per heavy atom. The first-order chi connectivity index (χ1) is 15.2. The van der Waals surface area contributed by atoms with E-state index in [9.17, 15) is 4.79 Å². The molecule has 0 atom stereocenters. The summed E-state index contributed by atoms with van der Waals surface area (Å²) in [6.07, 6.45) is 3.72. The van der Waals surface area contributed by atoms with Crippen molar-refractivity contribution in [3.63, 3.8) is 0 Å². The monoisotopic (exact) mass is 414 g/mol. The zero-order valence-electron chi connectivity index (χ0n) is 16.9. The van der Waals surface area contributed by atoms with E-state index in [0.717, 1.165) is 65.5 Å². The van der Waals surface area contributed by atoms with E-state index in [-0.39, 0.29) is 6.42 Å². The Hall–Kier alpha value is -3.71. The highest BCUT2D eigenvalue weighted by Gasteiger charge is 2.13. The van der Waals surface area contributed by atoms with Gasteiger partial charge in [-0.3, -0.25) is 9.36 Å². The highest BCUT2D eigenvalue weighted by atomic mass is 16.5. The van der Waals surface area contributed by atoms with Gasteiger partial charge in [0.25, 0.3) is 0 Å². The van der Waals surface area contributed by atoms with E-state index >= 15 is 0 Å². The van der Waals surface area contributed by atoms with Gasteiger partial charge >= 0.3 is 5.97 Å². The second kappa shape index (κ2) is 8.20. The van der Waals surface area contributed by atoms with Crippen molar-refractivity contribution in [2.45, 2.75) is 6.42 Å². The number of hydrogen-bond acceptors (Lipinski definition) is 5. The first kappa shape index (κ1) is 19.3. The predicted molar refractivity (Wildman–Crippen MR) is 119 cm³/mol. The maximum absolute atomic E-state index is 10.9. The SMILES string of the molecule is O=C(O)Cc1ccc(-n2cnc3cc(-c4ccc(N5CCOCC5)nc4)ccc32)cc1. The van der Waals surface area contributed by atoms with Gasteiger partial charge < -0.3 is 14.7 Å². The summed E-state index contributed by atoms with van der Waals surface area (Å²) >= 11 is 0. The molecule has 7 nitrogen and oxygen atoms in total. The quantitative estimate of drug-likeness (QED) is 0.538. The van der Waals surface area contributed by atoms with Crippen LogP contribution in [-0.2, 0) is 16.0 Å². The summed E-state index contributed by atoms with van der Waals surface area (Å²) < 4.78 is 7.41. The average molecular weight is 414 g/mol. The smallest absolute Gasteiger partial charge is 0.307 e. The molecular weight excluding hydrogens is 392 g/mol. The molecule has 7 heteroatoms. The Morgan fingerprint density at radius 1 is 0.968 bits per heavy atom. The molecule has 0 radical (unpaired) electrons. The number of carboxylic acids is 1. The summed E-state index contributed by atoms with van der Waals surface area (Å²) in [4.78, 5) is 22.3. The van der Waals surface area contributed by atoms with Crippen molar-refractivity contribution in [2.24, 2.45) is 0 Å². The molecule has 1 N–H and O–H groups in total. The zero-order chi connectivity index (χ0) is 21.2. The molecule has 0 amide bonds. The van der Waals surface area contributed by atoms with Gasteiger partial charge in [-0.1, -0.05) is 18.2 Å². The molecule has 0 saturated carbocycles. The Balaban J connectivity index is 1.39. The Labute approximate surface area is 179 Å². The normalized spacial score (nSPS) is 14.1. The molecule has 1 aliphatic heterocycles. The second-order valence-corrected chi connectivity index (χ2v) is 7.56. The topological polar surface area (TPSA) is 80.5 Å². The van der Waals surface area contributed by atoms with E-state index in [2.05, 4.69) is 45.2 Å². The van der Waals surface area contributed by atoms with Gasteiger partial charge in [-0.05, 0) is 47.5 Å². The third-order valence-corrected chi connectivity index (χ3v) is 5.53. The molecule has 0 bridgehead atoms. The lowest BCUT2D eigenvalue weighted by Gasteiger charge is -2.27. The highest BCUT2D eigenvalue weighted by molar-refractivity contribution is 5.83. The average Bonchev–Trinajstić information content (AvgIpc) is 3.23. The van der Waals surface area contributed by atoms with Gasteiger partial charge in [-0.2, -0.15) is 0 Å². The molecule has 0 spiro atoms. The van der Waals surface area contributed by atoms with Crippen molar-refractivity contribution in [1.29, 1.82) is 0 Å². The van der Waals surface area contributed by atoms with Crippen molar-refractivity contribution >= 4 is 22.8 Å². The molecule has 3 heterocycles. The van der Waals surface area contributed by atoms with Crippen LogP contribution < -0.4 is 4.90 Å². The number of aromatic nitrogens is 3. The zero-order valence-corrected chi connectivity index (χ0v) is 16.9. The van der Waals surface area contributed by atoms with E-state index in [0.29, 0.717) is 0 Å². The van der Waals surface area contributed by atoms with E-state index in [1.807, 2.05) is 35.0 Å². The number of anilines is 1. The van der Waals surface area contributed by atoms with Crippen LogP contribution in [0.3, 0.4) is 0 Å². The molecule has 1 aliphatic rings. The lowest BCUT2D eigenvalue weighted by Crippen LogP contribution is -2.36. The minimum Gasteiger partial charge on any atom is -0.481 e.